The number of hydrogen-bond acceptors (Lipinski definition) is 4. The summed E-state index contributed by atoms with van der Waals surface area (Å²) in [5, 5.41) is 0. The van der Waals surface area contributed by atoms with Crippen LogP contribution in [0, 0.1) is 0 Å². The minimum absolute atomic E-state index is 0.381. The molecule has 0 unspecified atom stereocenters. The van der Waals surface area contributed by atoms with Gasteiger partial charge in [-0.05, 0) is 0 Å². The zero-order valence-electron chi connectivity index (χ0n) is 9.17. The lowest BCUT2D eigenvalue weighted by atomic mass is 10.3. The Balaban J connectivity index is 4.70. The van der Waals surface area contributed by atoms with Gasteiger partial charge in [0.1, 0.15) is 5.57 Å². The zero-order chi connectivity index (χ0) is 15.6. The second kappa shape index (κ2) is 5.36. The van der Waals surface area contributed by atoms with E-state index in [-0.39, 0.29) is 0 Å². The van der Waals surface area contributed by atoms with Gasteiger partial charge in [-0.25, -0.2) is 13.2 Å². The van der Waals surface area contributed by atoms with Crippen molar-refractivity contribution >= 4 is 16.0 Å². The van der Waals surface area contributed by atoms with E-state index in [0.29, 0.717) is 7.05 Å². The lowest BCUT2D eigenvalue weighted by Crippen LogP contribution is -2.40. The van der Waals surface area contributed by atoms with Crippen molar-refractivity contribution in [2.75, 3.05) is 13.8 Å². The van der Waals surface area contributed by atoms with Crippen LogP contribution >= 0.6 is 0 Å². The number of hydrogen-bond donors (Lipinski definition) is 0. The number of ether oxygens (including phenoxy) is 1. The van der Waals surface area contributed by atoms with Crippen LogP contribution < -0.4 is 0 Å². The molecule has 112 valence electrons. The molecule has 0 atom stereocenters. The molecule has 0 aliphatic carbocycles. The van der Waals surface area contributed by atoms with Crippen molar-refractivity contribution in [2.24, 2.45) is 0 Å². The maximum absolute atomic E-state index is 12.0. The second-order valence-electron chi connectivity index (χ2n) is 3.09. The Bertz CT molecular complexity index is 465. The molecule has 0 spiro atoms. The van der Waals surface area contributed by atoms with Gasteiger partial charge in [-0.1, -0.05) is 6.58 Å². The fourth-order valence-corrected chi connectivity index (χ4v) is 1.14. The summed E-state index contributed by atoms with van der Waals surface area (Å²) >= 11 is 0. The first kappa shape index (κ1) is 17.7. The minimum atomic E-state index is -5.79. The summed E-state index contributed by atoms with van der Waals surface area (Å²) in [6.07, 6.45) is -5.13. The number of sulfonamides is 1. The van der Waals surface area contributed by atoms with Gasteiger partial charge >= 0.3 is 27.7 Å². The van der Waals surface area contributed by atoms with E-state index in [1.165, 1.54) is 0 Å². The molecule has 0 radical (unpaired) electrons. The molecular weight excluding hydrogens is 308 g/mol. The molecule has 5 nitrogen and oxygen atoms in total. The highest BCUT2D eigenvalue weighted by Gasteiger charge is 2.49. The van der Waals surface area contributed by atoms with Crippen LogP contribution in [-0.2, 0) is 19.6 Å². The highest BCUT2D eigenvalue weighted by Crippen LogP contribution is 2.27. The first-order valence-corrected chi connectivity index (χ1v) is 5.61. The number of esters is 1. The van der Waals surface area contributed by atoms with Crippen molar-refractivity contribution in [2.45, 2.75) is 11.7 Å². The van der Waals surface area contributed by atoms with Crippen LogP contribution in [0.15, 0.2) is 12.2 Å². The maximum atomic E-state index is 12.0. The number of carbonyl (C=O) groups excluding carboxylic acids is 1. The Labute approximate surface area is 103 Å². The van der Waals surface area contributed by atoms with Crippen LogP contribution in [0.4, 0.5) is 26.3 Å². The Hall–Kier alpha value is -1.30. The molecule has 0 saturated carbocycles. The van der Waals surface area contributed by atoms with Crippen LogP contribution in [0.1, 0.15) is 0 Å². The van der Waals surface area contributed by atoms with Crippen LogP contribution in [0.2, 0.25) is 0 Å². The monoisotopic (exact) mass is 315 g/mol. The summed E-state index contributed by atoms with van der Waals surface area (Å²) < 4.78 is 96.5. The van der Waals surface area contributed by atoms with Crippen molar-refractivity contribution in [3.8, 4) is 0 Å². The summed E-state index contributed by atoms with van der Waals surface area (Å²) in [4.78, 5) is 10.7. The Morgan fingerprint density at radius 2 is 1.63 bits per heavy atom. The third-order valence-corrected chi connectivity index (χ3v) is 3.18. The van der Waals surface area contributed by atoms with Crippen molar-refractivity contribution in [1.82, 2.24) is 4.31 Å². The number of halogens is 6. The van der Waals surface area contributed by atoms with Crippen molar-refractivity contribution < 1.29 is 44.3 Å². The van der Waals surface area contributed by atoms with Crippen molar-refractivity contribution in [3.63, 3.8) is 0 Å². The minimum Gasteiger partial charge on any atom is -0.445 e. The molecule has 0 aromatic heterocycles. The van der Waals surface area contributed by atoms with Crippen LogP contribution in [-0.4, -0.2) is 44.2 Å². The van der Waals surface area contributed by atoms with Gasteiger partial charge in [-0.2, -0.15) is 30.6 Å². The van der Waals surface area contributed by atoms with Gasteiger partial charge in [0, 0.05) is 7.05 Å². The number of nitrogens with zero attached hydrogens (tertiary/aromatic N) is 1. The van der Waals surface area contributed by atoms with E-state index in [1.807, 2.05) is 0 Å². The van der Waals surface area contributed by atoms with Crippen LogP contribution in [0.25, 0.3) is 0 Å². The topological polar surface area (TPSA) is 63.7 Å². The average Bonchev–Trinajstić information content (AvgIpc) is 2.21. The summed E-state index contributed by atoms with van der Waals surface area (Å²) in [6.45, 7) is 0.793. The van der Waals surface area contributed by atoms with Gasteiger partial charge in [-0.3, -0.25) is 0 Å². The van der Waals surface area contributed by atoms with Crippen molar-refractivity contribution in [3.05, 3.63) is 12.2 Å². The third-order valence-electron chi connectivity index (χ3n) is 1.67. The molecule has 0 heterocycles. The van der Waals surface area contributed by atoms with Gasteiger partial charge in [0.15, 0.2) is 6.73 Å². The predicted molar refractivity (Wildman–Crippen MR) is 48.9 cm³/mol. The Kier molecular flexibility index (Phi) is 5.00. The molecule has 0 aromatic carbocycles. The summed E-state index contributed by atoms with van der Waals surface area (Å²) in [6, 6.07) is 0. The van der Waals surface area contributed by atoms with E-state index in [2.05, 4.69) is 11.3 Å². The summed E-state index contributed by atoms with van der Waals surface area (Å²) in [5.74, 6) is -2.07. The first-order chi connectivity index (χ1) is 8.21. The molecule has 12 heteroatoms. The fourth-order valence-electron chi connectivity index (χ4n) is 0.598. The number of rotatable bonds is 4. The van der Waals surface area contributed by atoms with E-state index in [1.54, 1.807) is 0 Å². The van der Waals surface area contributed by atoms with Gasteiger partial charge in [0.25, 0.3) is 0 Å². The van der Waals surface area contributed by atoms with E-state index in [9.17, 15) is 39.6 Å². The molecule has 0 aliphatic rings. The number of alkyl halides is 6. The zero-order valence-corrected chi connectivity index (χ0v) is 9.99. The van der Waals surface area contributed by atoms with Gasteiger partial charge < -0.3 is 4.74 Å². The molecule has 0 bridgehead atoms. The van der Waals surface area contributed by atoms with Crippen LogP contribution in [0.3, 0.4) is 0 Å². The second-order valence-corrected chi connectivity index (χ2v) is 5.12. The van der Waals surface area contributed by atoms with Crippen molar-refractivity contribution in [1.29, 1.82) is 0 Å². The molecule has 0 rings (SSSR count). The van der Waals surface area contributed by atoms with Crippen LogP contribution in [0.5, 0.6) is 0 Å². The molecule has 0 aromatic rings. The fraction of sp³-hybridized carbons (Fsp3) is 0.571. The average molecular weight is 315 g/mol. The lowest BCUT2D eigenvalue weighted by molar-refractivity contribution is -0.153. The predicted octanol–water partition coefficient (Wildman–Crippen LogP) is 1.39. The Morgan fingerprint density at radius 3 is 1.95 bits per heavy atom. The normalized spacial score (nSPS) is 13.5. The van der Waals surface area contributed by atoms with E-state index < -0.39 is 44.3 Å². The summed E-state index contributed by atoms with van der Waals surface area (Å²) in [7, 11) is -5.41. The molecule has 0 aliphatic heterocycles. The standard InChI is InChI=1S/C7H7F6NO4S/c1-4(6(8,9)10)5(15)18-3-14(2)19(16,17)7(11,12)13/h1,3H2,2H3. The van der Waals surface area contributed by atoms with E-state index >= 15 is 0 Å². The molecule has 0 N–H and O–H groups in total. The highest BCUT2D eigenvalue weighted by atomic mass is 32.2. The largest absolute Gasteiger partial charge is 0.511 e. The van der Waals surface area contributed by atoms with Gasteiger partial charge in [0.2, 0.25) is 0 Å². The molecular formula is C7H7F6NO4S. The molecule has 0 fully saturated rings. The SMILES string of the molecule is C=C(C(=O)OCN(C)S(=O)(=O)C(F)(F)F)C(F)(F)F. The maximum Gasteiger partial charge on any atom is 0.511 e. The highest BCUT2D eigenvalue weighted by molar-refractivity contribution is 7.89. The van der Waals surface area contributed by atoms with Gasteiger partial charge in [0.05, 0.1) is 0 Å². The summed E-state index contributed by atoms with van der Waals surface area (Å²) in [5.41, 5.74) is -7.62. The molecule has 19 heavy (non-hydrogen) atoms. The Morgan fingerprint density at radius 1 is 1.21 bits per heavy atom. The van der Waals surface area contributed by atoms with E-state index in [4.69, 9.17) is 0 Å². The molecule has 0 amide bonds. The van der Waals surface area contributed by atoms with Gasteiger partial charge in [-0.15, -0.1) is 0 Å². The molecule has 0 saturated heterocycles. The third kappa shape index (κ3) is 4.38. The lowest BCUT2D eigenvalue weighted by Gasteiger charge is -2.19. The van der Waals surface area contributed by atoms with E-state index in [0.717, 1.165) is 0 Å². The first-order valence-electron chi connectivity index (χ1n) is 4.17. The quantitative estimate of drug-likeness (QED) is 0.340. The number of carbonyl (C=O) groups is 1. The smallest absolute Gasteiger partial charge is 0.445 e.